The molecule has 0 bridgehead atoms. The predicted octanol–water partition coefficient (Wildman–Crippen LogP) is 1.33. The Morgan fingerprint density at radius 2 is 2.44 bits per heavy atom. The van der Waals surface area contributed by atoms with Gasteiger partial charge in [0.05, 0.1) is 11.2 Å². The van der Waals surface area contributed by atoms with Gasteiger partial charge in [0.15, 0.2) is 0 Å². The lowest BCUT2D eigenvalue weighted by atomic mass is 10.4. The zero-order chi connectivity index (χ0) is 5.98. The molecular weight excluding hydrogens is 156 g/mol. The number of halogens is 1. The molecule has 2 N–H and O–H groups in total. The fourth-order valence-corrected chi connectivity index (χ4v) is 1.18. The Kier molecular flexibility index (Phi) is 3.77. The number of aryl methyl sites for hydroxylation is 1. The Labute approximate surface area is 64.5 Å². The van der Waals surface area contributed by atoms with Crippen molar-refractivity contribution < 1.29 is 0 Å². The molecular formula is C5H9ClN2S. The van der Waals surface area contributed by atoms with Crippen LogP contribution in [-0.2, 0) is 6.54 Å². The standard InChI is InChI=1S/C5H8N2S.ClH/c1-4-5(2-6)8-3-7-4;/h3H,2,6H2,1H3;1H. The molecule has 0 saturated carbocycles. The molecule has 4 heteroatoms. The van der Waals surface area contributed by atoms with Crippen LogP contribution < -0.4 is 5.73 Å². The quantitative estimate of drug-likeness (QED) is 0.681. The molecule has 0 unspecified atom stereocenters. The SMILES string of the molecule is Cc1ncsc1CN.Cl. The number of aromatic nitrogens is 1. The van der Waals surface area contributed by atoms with Gasteiger partial charge in [0.25, 0.3) is 0 Å². The van der Waals surface area contributed by atoms with Gasteiger partial charge in [-0.1, -0.05) is 0 Å². The van der Waals surface area contributed by atoms with Crippen molar-refractivity contribution in [2.24, 2.45) is 5.73 Å². The zero-order valence-corrected chi connectivity index (χ0v) is 6.76. The maximum absolute atomic E-state index is 5.37. The second-order valence-electron chi connectivity index (χ2n) is 1.57. The van der Waals surface area contributed by atoms with Crippen molar-refractivity contribution in [2.75, 3.05) is 0 Å². The van der Waals surface area contributed by atoms with Crippen molar-refractivity contribution in [2.45, 2.75) is 13.5 Å². The molecule has 0 fully saturated rings. The van der Waals surface area contributed by atoms with Crippen LogP contribution in [0.3, 0.4) is 0 Å². The largest absolute Gasteiger partial charge is 0.326 e. The van der Waals surface area contributed by atoms with E-state index in [1.54, 1.807) is 11.3 Å². The van der Waals surface area contributed by atoms with Gasteiger partial charge in [0.2, 0.25) is 0 Å². The van der Waals surface area contributed by atoms with E-state index in [2.05, 4.69) is 4.98 Å². The molecule has 1 rings (SSSR count). The normalized spacial score (nSPS) is 8.67. The van der Waals surface area contributed by atoms with Crippen LogP contribution in [0.5, 0.6) is 0 Å². The lowest BCUT2D eigenvalue weighted by Crippen LogP contribution is -1.94. The van der Waals surface area contributed by atoms with Crippen LogP contribution >= 0.6 is 23.7 Å². The lowest BCUT2D eigenvalue weighted by molar-refractivity contribution is 1.06. The highest BCUT2D eigenvalue weighted by Gasteiger charge is 1.94. The number of thiazole rings is 1. The minimum absolute atomic E-state index is 0. The molecule has 1 aromatic heterocycles. The van der Waals surface area contributed by atoms with Crippen LogP contribution in [0.25, 0.3) is 0 Å². The van der Waals surface area contributed by atoms with Gasteiger partial charge in [0, 0.05) is 11.4 Å². The molecule has 0 atom stereocenters. The number of nitrogens with zero attached hydrogens (tertiary/aromatic N) is 1. The van der Waals surface area contributed by atoms with Gasteiger partial charge in [-0.2, -0.15) is 0 Å². The summed E-state index contributed by atoms with van der Waals surface area (Å²) in [5, 5.41) is 0. The highest BCUT2D eigenvalue weighted by Crippen LogP contribution is 2.09. The van der Waals surface area contributed by atoms with Crippen molar-refractivity contribution in [3.63, 3.8) is 0 Å². The molecule has 0 aliphatic rings. The second kappa shape index (κ2) is 3.82. The predicted molar refractivity (Wildman–Crippen MR) is 42.0 cm³/mol. The Bertz CT molecular complexity index is 175. The maximum atomic E-state index is 5.37. The number of hydrogen-bond acceptors (Lipinski definition) is 3. The Hall–Kier alpha value is -0.120. The molecule has 0 aliphatic carbocycles. The first-order chi connectivity index (χ1) is 3.84. The summed E-state index contributed by atoms with van der Waals surface area (Å²) >= 11 is 1.61. The molecule has 0 aromatic carbocycles. The molecule has 0 saturated heterocycles. The summed E-state index contributed by atoms with van der Waals surface area (Å²) in [5.41, 5.74) is 8.25. The molecule has 1 aromatic rings. The van der Waals surface area contributed by atoms with Crippen LogP contribution in [0.2, 0.25) is 0 Å². The van der Waals surface area contributed by atoms with E-state index in [1.165, 1.54) is 4.88 Å². The highest BCUT2D eigenvalue weighted by atomic mass is 35.5. The van der Waals surface area contributed by atoms with E-state index in [9.17, 15) is 0 Å². The van der Waals surface area contributed by atoms with Crippen LogP contribution in [0.15, 0.2) is 5.51 Å². The third kappa shape index (κ3) is 1.93. The van der Waals surface area contributed by atoms with Crippen LogP contribution in [0, 0.1) is 6.92 Å². The molecule has 0 radical (unpaired) electrons. The zero-order valence-electron chi connectivity index (χ0n) is 5.13. The third-order valence-electron chi connectivity index (χ3n) is 1.03. The first-order valence-corrected chi connectivity index (χ1v) is 3.31. The highest BCUT2D eigenvalue weighted by molar-refractivity contribution is 7.09. The summed E-state index contributed by atoms with van der Waals surface area (Å²) in [6, 6.07) is 0. The first kappa shape index (κ1) is 8.88. The van der Waals surface area contributed by atoms with Gasteiger partial charge in [-0.05, 0) is 6.92 Å². The molecule has 1 heterocycles. The van der Waals surface area contributed by atoms with E-state index < -0.39 is 0 Å². The van der Waals surface area contributed by atoms with Gasteiger partial charge in [-0.15, -0.1) is 23.7 Å². The maximum Gasteiger partial charge on any atom is 0.0798 e. The average molecular weight is 165 g/mol. The molecule has 9 heavy (non-hydrogen) atoms. The average Bonchev–Trinajstić information content (AvgIpc) is 2.14. The molecule has 52 valence electrons. The van der Waals surface area contributed by atoms with E-state index in [-0.39, 0.29) is 12.4 Å². The second-order valence-corrected chi connectivity index (χ2v) is 2.50. The minimum Gasteiger partial charge on any atom is -0.326 e. The Morgan fingerprint density at radius 1 is 1.78 bits per heavy atom. The van der Waals surface area contributed by atoms with Crippen LogP contribution in [0.4, 0.5) is 0 Å². The smallest absolute Gasteiger partial charge is 0.0798 e. The van der Waals surface area contributed by atoms with E-state index in [0.717, 1.165) is 5.69 Å². The fraction of sp³-hybridized carbons (Fsp3) is 0.400. The van der Waals surface area contributed by atoms with Crippen molar-refractivity contribution in [1.82, 2.24) is 4.98 Å². The monoisotopic (exact) mass is 164 g/mol. The summed E-state index contributed by atoms with van der Waals surface area (Å²) < 4.78 is 0. The Balaban J connectivity index is 0.000000640. The summed E-state index contributed by atoms with van der Waals surface area (Å²) in [5.74, 6) is 0. The van der Waals surface area contributed by atoms with Crippen LogP contribution in [0.1, 0.15) is 10.6 Å². The summed E-state index contributed by atoms with van der Waals surface area (Å²) in [7, 11) is 0. The molecule has 2 nitrogen and oxygen atoms in total. The number of nitrogens with two attached hydrogens (primary N) is 1. The summed E-state index contributed by atoms with van der Waals surface area (Å²) in [6.45, 7) is 2.59. The lowest BCUT2D eigenvalue weighted by Gasteiger charge is -1.86. The Morgan fingerprint density at radius 3 is 2.67 bits per heavy atom. The first-order valence-electron chi connectivity index (χ1n) is 2.43. The minimum atomic E-state index is 0. The van der Waals surface area contributed by atoms with Gasteiger partial charge >= 0.3 is 0 Å². The summed E-state index contributed by atoms with van der Waals surface area (Å²) in [4.78, 5) is 5.21. The number of rotatable bonds is 1. The van der Waals surface area contributed by atoms with E-state index in [4.69, 9.17) is 5.73 Å². The fourth-order valence-electron chi connectivity index (χ4n) is 0.522. The van der Waals surface area contributed by atoms with E-state index in [0.29, 0.717) is 6.54 Å². The topological polar surface area (TPSA) is 38.9 Å². The van der Waals surface area contributed by atoms with Gasteiger partial charge in [-0.3, -0.25) is 0 Å². The van der Waals surface area contributed by atoms with Crippen molar-refractivity contribution in [3.05, 3.63) is 16.1 Å². The van der Waals surface area contributed by atoms with Crippen molar-refractivity contribution in [3.8, 4) is 0 Å². The molecule has 0 amide bonds. The van der Waals surface area contributed by atoms with Gasteiger partial charge in [0.1, 0.15) is 0 Å². The van der Waals surface area contributed by atoms with Crippen molar-refractivity contribution in [1.29, 1.82) is 0 Å². The van der Waals surface area contributed by atoms with Crippen LogP contribution in [-0.4, -0.2) is 4.98 Å². The van der Waals surface area contributed by atoms with E-state index >= 15 is 0 Å². The molecule has 0 aliphatic heterocycles. The van der Waals surface area contributed by atoms with Gasteiger partial charge in [-0.25, -0.2) is 4.98 Å². The van der Waals surface area contributed by atoms with Crippen molar-refractivity contribution >= 4 is 23.7 Å². The van der Waals surface area contributed by atoms with E-state index in [1.807, 2.05) is 12.4 Å². The molecule has 0 spiro atoms. The number of hydrogen-bond donors (Lipinski definition) is 1. The summed E-state index contributed by atoms with van der Waals surface area (Å²) in [6.07, 6.45) is 0. The van der Waals surface area contributed by atoms with Gasteiger partial charge < -0.3 is 5.73 Å². The third-order valence-corrected chi connectivity index (χ3v) is 1.99.